The first kappa shape index (κ1) is 18.1. The van der Waals surface area contributed by atoms with Crippen LogP contribution in [0.5, 0.6) is 0 Å². The SMILES string of the molecule is COC(=O)C(CC(C)C)NC(=O)N1CCC2(CCCCC2)CC1. The summed E-state index contributed by atoms with van der Waals surface area (Å²) in [5, 5.41) is 2.87. The van der Waals surface area contributed by atoms with E-state index < -0.39 is 6.04 Å². The molecule has 0 radical (unpaired) electrons. The number of urea groups is 1. The fraction of sp³-hybridized carbons (Fsp3) is 0.889. The second-order valence-corrected chi connectivity index (χ2v) is 7.70. The topological polar surface area (TPSA) is 58.6 Å². The van der Waals surface area contributed by atoms with E-state index in [1.165, 1.54) is 39.2 Å². The number of hydrogen-bond donors (Lipinski definition) is 1. The molecule has 0 aromatic heterocycles. The minimum atomic E-state index is -0.543. The first-order valence-electron chi connectivity index (χ1n) is 9.09. The van der Waals surface area contributed by atoms with Crippen molar-refractivity contribution in [2.75, 3.05) is 20.2 Å². The van der Waals surface area contributed by atoms with Crippen LogP contribution in [0.15, 0.2) is 0 Å². The van der Waals surface area contributed by atoms with E-state index in [-0.39, 0.29) is 12.0 Å². The summed E-state index contributed by atoms with van der Waals surface area (Å²) in [6.45, 7) is 5.69. The van der Waals surface area contributed by atoms with Crippen molar-refractivity contribution in [1.82, 2.24) is 10.2 Å². The fourth-order valence-electron chi connectivity index (χ4n) is 4.05. The van der Waals surface area contributed by atoms with Crippen LogP contribution >= 0.6 is 0 Å². The van der Waals surface area contributed by atoms with Crippen LogP contribution in [0.1, 0.15) is 65.2 Å². The summed E-state index contributed by atoms with van der Waals surface area (Å²) in [4.78, 5) is 26.2. The number of nitrogens with zero attached hydrogens (tertiary/aromatic N) is 1. The van der Waals surface area contributed by atoms with Crippen molar-refractivity contribution in [3.63, 3.8) is 0 Å². The van der Waals surface area contributed by atoms with Gasteiger partial charge in [-0.1, -0.05) is 33.1 Å². The Morgan fingerprint density at radius 3 is 2.22 bits per heavy atom. The van der Waals surface area contributed by atoms with Crippen LogP contribution in [0.2, 0.25) is 0 Å². The maximum Gasteiger partial charge on any atom is 0.328 e. The number of nitrogens with one attached hydrogen (secondary N) is 1. The highest BCUT2D eigenvalue weighted by atomic mass is 16.5. The number of amides is 2. The van der Waals surface area contributed by atoms with E-state index in [9.17, 15) is 9.59 Å². The monoisotopic (exact) mass is 324 g/mol. The van der Waals surface area contributed by atoms with Gasteiger partial charge in [0.05, 0.1) is 7.11 Å². The quantitative estimate of drug-likeness (QED) is 0.807. The second kappa shape index (κ2) is 8.02. The van der Waals surface area contributed by atoms with Gasteiger partial charge in [-0.25, -0.2) is 9.59 Å². The molecule has 1 atom stereocenters. The number of ether oxygens (including phenoxy) is 1. The highest BCUT2D eigenvalue weighted by Crippen LogP contribution is 2.44. The van der Waals surface area contributed by atoms with Gasteiger partial charge in [0, 0.05) is 13.1 Å². The summed E-state index contributed by atoms with van der Waals surface area (Å²) >= 11 is 0. The third-order valence-electron chi connectivity index (χ3n) is 5.52. The number of carbonyl (C=O) groups is 2. The van der Waals surface area contributed by atoms with E-state index in [1.807, 2.05) is 18.7 Å². The van der Waals surface area contributed by atoms with Gasteiger partial charge in [-0.05, 0) is 43.4 Å². The van der Waals surface area contributed by atoms with Gasteiger partial charge in [-0.2, -0.15) is 0 Å². The van der Waals surface area contributed by atoms with Crippen LogP contribution in [-0.4, -0.2) is 43.1 Å². The van der Waals surface area contributed by atoms with Gasteiger partial charge in [0.1, 0.15) is 6.04 Å². The molecular weight excluding hydrogens is 292 g/mol. The molecule has 1 aliphatic heterocycles. The summed E-state index contributed by atoms with van der Waals surface area (Å²) in [7, 11) is 1.37. The molecule has 1 spiro atoms. The van der Waals surface area contributed by atoms with E-state index in [2.05, 4.69) is 5.32 Å². The van der Waals surface area contributed by atoms with Gasteiger partial charge in [0.25, 0.3) is 0 Å². The molecule has 0 aromatic carbocycles. The Hall–Kier alpha value is -1.26. The Morgan fingerprint density at radius 1 is 1.09 bits per heavy atom. The maximum absolute atomic E-state index is 12.5. The van der Waals surface area contributed by atoms with Gasteiger partial charge in [-0.15, -0.1) is 0 Å². The second-order valence-electron chi connectivity index (χ2n) is 7.70. The van der Waals surface area contributed by atoms with Crippen molar-refractivity contribution in [3.8, 4) is 0 Å². The Labute approximate surface area is 140 Å². The van der Waals surface area contributed by atoms with Crippen LogP contribution < -0.4 is 5.32 Å². The molecule has 2 rings (SSSR count). The first-order chi connectivity index (χ1) is 11.0. The Bertz CT molecular complexity index is 406. The molecule has 23 heavy (non-hydrogen) atoms. The molecule has 1 aliphatic carbocycles. The molecular formula is C18H32N2O3. The van der Waals surface area contributed by atoms with Crippen LogP contribution in [0.4, 0.5) is 4.79 Å². The standard InChI is InChI=1S/C18H32N2O3/c1-14(2)13-15(16(21)23-3)19-17(22)20-11-9-18(10-12-20)7-5-4-6-8-18/h14-15H,4-13H2,1-3H3,(H,19,22). The lowest BCUT2D eigenvalue weighted by Gasteiger charge is -2.44. The predicted molar refractivity (Wildman–Crippen MR) is 90.1 cm³/mol. The zero-order valence-corrected chi connectivity index (χ0v) is 14.9. The molecule has 5 nitrogen and oxygen atoms in total. The maximum atomic E-state index is 12.5. The highest BCUT2D eigenvalue weighted by Gasteiger charge is 2.37. The minimum Gasteiger partial charge on any atom is -0.467 e. The number of hydrogen-bond acceptors (Lipinski definition) is 3. The van der Waals surface area contributed by atoms with E-state index in [1.54, 1.807) is 0 Å². The number of methoxy groups -OCH3 is 1. The van der Waals surface area contributed by atoms with Crippen LogP contribution in [-0.2, 0) is 9.53 Å². The molecule has 1 heterocycles. The molecule has 1 unspecified atom stereocenters. The predicted octanol–water partition coefficient (Wildman–Crippen LogP) is 3.33. The average molecular weight is 324 g/mol. The van der Waals surface area contributed by atoms with E-state index >= 15 is 0 Å². The number of rotatable bonds is 4. The molecule has 5 heteroatoms. The Balaban J connectivity index is 1.86. The molecule has 0 bridgehead atoms. The average Bonchev–Trinajstić information content (AvgIpc) is 2.54. The molecule has 0 aromatic rings. The van der Waals surface area contributed by atoms with Crippen molar-refractivity contribution in [3.05, 3.63) is 0 Å². The van der Waals surface area contributed by atoms with Gasteiger partial charge in [0.15, 0.2) is 0 Å². The van der Waals surface area contributed by atoms with E-state index in [4.69, 9.17) is 4.74 Å². The summed E-state index contributed by atoms with van der Waals surface area (Å²) in [6.07, 6.45) is 9.50. The van der Waals surface area contributed by atoms with Gasteiger partial charge >= 0.3 is 12.0 Å². The smallest absolute Gasteiger partial charge is 0.328 e. The van der Waals surface area contributed by atoms with Crippen LogP contribution in [0.25, 0.3) is 0 Å². The van der Waals surface area contributed by atoms with Crippen LogP contribution in [0.3, 0.4) is 0 Å². The first-order valence-corrected chi connectivity index (χ1v) is 9.09. The lowest BCUT2D eigenvalue weighted by Crippen LogP contribution is -2.52. The van der Waals surface area contributed by atoms with Gasteiger partial charge < -0.3 is 15.0 Å². The lowest BCUT2D eigenvalue weighted by molar-refractivity contribution is -0.143. The summed E-state index contributed by atoms with van der Waals surface area (Å²) in [5.41, 5.74) is 0.481. The Morgan fingerprint density at radius 2 is 1.70 bits per heavy atom. The normalized spacial score (nSPS) is 22.0. The summed E-state index contributed by atoms with van der Waals surface area (Å²) in [5.74, 6) is -0.0286. The van der Waals surface area contributed by atoms with Crippen molar-refractivity contribution in [1.29, 1.82) is 0 Å². The number of carbonyl (C=O) groups excluding carboxylic acids is 2. The van der Waals surface area contributed by atoms with Crippen molar-refractivity contribution >= 4 is 12.0 Å². The largest absolute Gasteiger partial charge is 0.467 e. The summed E-state index contributed by atoms with van der Waals surface area (Å²) in [6, 6.07) is -0.662. The minimum absolute atomic E-state index is 0.119. The third-order valence-corrected chi connectivity index (χ3v) is 5.52. The number of esters is 1. The van der Waals surface area contributed by atoms with Gasteiger partial charge in [0.2, 0.25) is 0 Å². The number of likely N-dealkylation sites (tertiary alicyclic amines) is 1. The molecule has 132 valence electrons. The zero-order valence-electron chi connectivity index (χ0n) is 14.9. The van der Waals surface area contributed by atoms with Crippen molar-refractivity contribution in [2.24, 2.45) is 11.3 Å². The molecule has 2 amide bonds. The van der Waals surface area contributed by atoms with Crippen molar-refractivity contribution < 1.29 is 14.3 Å². The van der Waals surface area contributed by atoms with E-state index in [0.29, 0.717) is 17.8 Å². The lowest BCUT2D eigenvalue weighted by atomic mass is 9.68. The zero-order chi connectivity index (χ0) is 16.9. The molecule has 1 saturated heterocycles. The Kier molecular flexibility index (Phi) is 6.31. The molecule has 1 N–H and O–H groups in total. The van der Waals surface area contributed by atoms with Crippen LogP contribution in [0, 0.1) is 11.3 Å². The van der Waals surface area contributed by atoms with E-state index in [0.717, 1.165) is 25.9 Å². The molecule has 2 fully saturated rings. The summed E-state index contributed by atoms with van der Waals surface area (Å²) < 4.78 is 4.82. The molecule has 2 aliphatic rings. The fourth-order valence-corrected chi connectivity index (χ4v) is 4.05. The highest BCUT2D eigenvalue weighted by molar-refractivity contribution is 5.83. The van der Waals surface area contributed by atoms with Crippen molar-refractivity contribution in [2.45, 2.75) is 71.3 Å². The molecule has 1 saturated carbocycles. The third kappa shape index (κ3) is 4.85. The number of piperidine rings is 1. The van der Waals surface area contributed by atoms with Gasteiger partial charge in [-0.3, -0.25) is 0 Å².